The Morgan fingerprint density at radius 3 is 2.89 bits per heavy atom. The van der Waals surface area contributed by atoms with Crippen LogP contribution in [-0.2, 0) is 4.79 Å². The highest BCUT2D eigenvalue weighted by Gasteiger charge is 2.42. The van der Waals surface area contributed by atoms with E-state index in [9.17, 15) is 14.0 Å². The maximum atomic E-state index is 13.6. The largest absolute Gasteiger partial charge is 0.350 e. The van der Waals surface area contributed by atoms with Crippen LogP contribution in [0.1, 0.15) is 44.2 Å². The topological polar surface area (TPSA) is 70.2 Å². The fraction of sp³-hybridized carbons (Fsp3) is 0.556. The Bertz CT molecular complexity index is 737. The summed E-state index contributed by atoms with van der Waals surface area (Å²) in [7, 11) is 0. The zero-order valence-corrected chi connectivity index (χ0v) is 17.2. The maximum Gasteiger partial charge on any atom is 0.315 e. The predicted octanol–water partition coefficient (Wildman–Crippen LogP) is 4.04. The van der Waals surface area contributed by atoms with Gasteiger partial charge in [-0.15, -0.1) is 0 Å². The molecule has 5 nitrogen and oxygen atoms in total. The van der Waals surface area contributed by atoms with Crippen molar-refractivity contribution in [3.63, 3.8) is 0 Å². The van der Waals surface area contributed by atoms with E-state index in [1.807, 2.05) is 11.8 Å². The Labute approximate surface area is 172 Å². The van der Waals surface area contributed by atoms with Crippen LogP contribution >= 0.6 is 35.0 Å². The molecule has 0 bridgehead atoms. The van der Waals surface area contributed by atoms with Crippen LogP contribution in [0.2, 0.25) is 10.0 Å². The second-order valence-electron chi connectivity index (χ2n) is 6.94. The third-order valence-corrected chi connectivity index (χ3v) is 7.09. The smallest absolute Gasteiger partial charge is 0.315 e. The van der Waals surface area contributed by atoms with Crippen molar-refractivity contribution in [1.82, 2.24) is 16.0 Å². The van der Waals surface area contributed by atoms with Crippen LogP contribution in [-0.4, -0.2) is 35.0 Å². The molecule has 1 aromatic rings. The summed E-state index contributed by atoms with van der Waals surface area (Å²) in [6.45, 7) is 1.76. The molecule has 3 amide bonds. The molecule has 0 aromatic heterocycles. The summed E-state index contributed by atoms with van der Waals surface area (Å²) in [4.78, 5) is 23.5. The Morgan fingerprint density at radius 2 is 2.11 bits per heavy atom. The molecule has 4 atom stereocenters. The summed E-state index contributed by atoms with van der Waals surface area (Å²) in [6.07, 6.45) is 3.03. The number of urea groups is 1. The molecule has 2 aliphatic heterocycles. The first-order chi connectivity index (χ1) is 12.8. The first kappa shape index (κ1) is 20.6. The van der Waals surface area contributed by atoms with Crippen LogP contribution in [0.4, 0.5) is 9.18 Å². The van der Waals surface area contributed by atoms with Crippen molar-refractivity contribution in [1.29, 1.82) is 0 Å². The van der Waals surface area contributed by atoms with Crippen LogP contribution in [0.15, 0.2) is 12.1 Å². The minimum atomic E-state index is -0.557. The van der Waals surface area contributed by atoms with E-state index in [4.69, 9.17) is 23.2 Å². The van der Waals surface area contributed by atoms with Gasteiger partial charge in [-0.1, -0.05) is 29.6 Å². The lowest BCUT2D eigenvalue weighted by Gasteiger charge is -2.17. The minimum Gasteiger partial charge on any atom is -0.350 e. The van der Waals surface area contributed by atoms with Gasteiger partial charge in [-0.05, 0) is 37.5 Å². The summed E-state index contributed by atoms with van der Waals surface area (Å²) in [5.74, 6) is 0.282. The van der Waals surface area contributed by atoms with Crippen molar-refractivity contribution in [2.75, 3.05) is 5.75 Å². The van der Waals surface area contributed by atoms with Crippen LogP contribution < -0.4 is 16.0 Å². The average molecular weight is 434 g/mol. The van der Waals surface area contributed by atoms with E-state index >= 15 is 0 Å². The highest BCUT2D eigenvalue weighted by atomic mass is 35.5. The van der Waals surface area contributed by atoms with Crippen molar-refractivity contribution in [2.24, 2.45) is 0 Å². The zero-order valence-electron chi connectivity index (χ0n) is 14.9. The van der Waals surface area contributed by atoms with E-state index < -0.39 is 11.9 Å². The van der Waals surface area contributed by atoms with Gasteiger partial charge in [0.2, 0.25) is 5.91 Å². The molecule has 2 aliphatic rings. The second-order valence-corrected chi connectivity index (χ2v) is 9.03. The Kier molecular flexibility index (Phi) is 6.76. The lowest BCUT2D eigenvalue weighted by Crippen LogP contribution is -2.36. The van der Waals surface area contributed by atoms with Crippen molar-refractivity contribution < 1.29 is 14.0 Å². The SMILES string of the molecule is C[C@H](NC(=O)CCCC[C@@H]1SC[C@@H]2NC(=O)N[C@@H]21)c1cc(F)c(Cl)cc1Cl. The molecule has 148 valence electrons. The third kappa shape index (κ3) is 5.00. The molecular formula is C18H22Cl2FN3O2S. The van der Waals surface area contributed by atoms with E-state index in [1.54, 1.807) is 6.92 Å². The number of rotatable bonds is 7. The van der Waals surface area contributed by atoms with Crippen LogP contribution in [0, 0.1) is 5.82 Å². The number of carbonyl (C=O) groups excluding carboxylic acids is 2. The van der Waals surface area contributed by atoms with Gasteiger partial charge in [-0.3, -0.25) is 4.79 Å². The molecule has 27 heavy (non-hydrogen) atoms. The van der Waals surface area contributed by atoms with Gasteiger partial charge in [0.15, 0.2) is 0 Å². The fourth-order valence-electron chi connectivity index (χ4n) is 3.54. The number of thioether (sulfide) groups is 1. The van der Waals surface area contributed by atoms with E-state index in [0.717, 1.165) is 25.0 Å². The second kappa shape index (κ2) is 8.88. The normalized spacial score (nSPS) is 24.9. The van der Waals surface area contributed by atoms with E-state index in [-0.39, 0.29) is 29.0 Å². The van der Waals surface area contributed by atoms with E-state index in [1.165, 1.54) is 12.1 Å². The summed E-state index contributed by atoms with van der Waals surface area (Å²) in [6, 6.07) is 2.54. The van der Waals surface area contributed by atoms with Crippen molar-refractivity contribution in [3.05, 3.63) is 33.6 Å². The zero-order chi connectivity index (χ0) is 19.6. The summed E-state index contributed by atoms with van der Waals surface area (Å²) < 4.78 is 13.6. The summed E-state index contributed by atoms with van der Waals surface area (Å²) >= 11 is 13.7. The average Bonchev–Trinajstić information content (AvgIpc) is 3.14. The molecule has 3 N–H and O–H groups in total. The molecular weight excluding hydrogens is 412 g/mol. The summed E-state index contributed by atoms with van der Waals surface area (Å²) in [5, 5.41) is 9.43. The molecule has 9 heteroatoms. The number of halogens is 3. The number of carbonyl (C=O) groups is 2. The lowest BCUT2D eigenvalue weighted by atomic mass is 10.0. The van der Waals surface area contributed by atoms with Gasteiger partial charge in [0.25, 0.3) is 0 Å². The van der Waals surface area contributed by atoms with Gasteiger partial charge in [0, 0.05) is 22.4 Å². The van der Waals surface area contributed by atoms with Gasteiger partial charge >= 0.3 is 6.03 Å². The monoisotopic (exact) mass is 433 g/mol. The van der Waals surface area contributed by atoms with Crippen LogP contribution in [0.25, 0.3) is 0 Å². The van der Waals surface area contributed by atoms with Gasteiger partial charge in [0.05, 0.1) is 23.1 Å². The molecule has 0 aliphatic carbocycles. The van der Waals surface area contributed by atoms with Crippen LogP contribution in [0.5, 0.6) is 0 Å². The van der Waals surface area contributed by atoms with Gasteiger partial charge in [-0.25, -0.2) is 9.18 Å². The van der Waals surface area contributed by atoms with E-state index in [2.05, 4.69) is 16.0 Å². The predicted molar refractivity (Wildman–Crippen MR) is 107 cm³/mol. The van der Waals surface area contributed by atoms with Crippen LogP contribution in [0.3, 0.4) is 0 Å². The first-order valence-electron chi connectivity index (χ1n) is 8.97. The first-order valence-corrected chi connectivity index (χ1v) is 10.8. The van der Waals surface area contributed by atoms with Gasteiger partial charge < -0.3 is 16.0 Å². The maximum absolute atomic E-state index is 13.6. The number of unbranched alkanes of at least 4 members (excludes halogenated alkanes) is 1. The molecule has 3 rings (SSSR count). The molecule has 0 saturated carbocycles. The number of nitrogens with one attached hydrogen (secondary N) is 3. The Morgan fingerprint density at radius 1 is 1.33 bits per heavy atom. The quantitative estimate of drug-likeness (QED) is 0.345. The van der Waals surface area contributed by atoms with Crippen molar-refractivity contribution in [2.45, 2.75) is 56.0 Å². The standard InChI is InChI=1S/C18H22Cl2FN3O2S/c1-9(10-6-13(21)12(20)7-11(10)19)22-16(25)5-3-2-4-15-17-14(8-27-15)23-18(26)24-17/h6-7,9,14-15,17H,2-5,8H2,1H3,(H,22,25)(H2,23,24,26)/t9-,14-,15-,17-/m0/s1. The Balaban J connectivity index is 1.40. The van der Waals surface area contributed by atoms with Crippen molar-refractivity contribution >= 4 is 46.9 Å². The highest BCUT2D eigenvalue weighted by molar-refractivity contribution is 8.00. The lowest BCUT2D eigenvalue weighted by molar-refractivity contribution is -0.121. The number of hydrogen-bond acceptors (Lipinski definition) is 3. The molecule has 2 heterocycles. The van der Waals surface area contributed by atoms with E-state index in [0.29, 0.717) is 22.3 Å². The third-order valence-electron chi connectivity index (χ3n) is 4.96. The molecule has 0 unspecified atom stereocenters. The number of amides is 3. The molecule has 0 radical (unpaired) electrons. The number of benzene rings is 1. The fourth-order valence-corrected chi connectivity index (χ4v) is 5.63. The molecule has 1 aromatic carbocycles. The Hall–Kier alpha value is -1.18. The summed E-state index contributed by atoms with van der Waals surface area (Å²) in [5.41, 5.74) is 0.504. The van der Waals surface area contributed by atoms with Crippen molar-refractivity contribution in [3.8, 4) is 0 Å². The number of hydrogen-bond donors (Lipinski definition) is 3. The minimum absolute atomic E-state index is 0.0389. The number of fused-ring (bicyclic) bond motifs is 1. The molecule has 2 saturated heterocycles. The van der Waals surface area contributed by atoms with Gasteiger partial charge in [-0.2, -0.15) is 11.8 Å². The molecule has 0 spiro atoms. The molecule has 2 fully saturated rings. The van der Waals surface area contributed by atoms with Gasteiger partial charge in [0.1, 0.15) is 5.82 Å². The highest BCUT2D eigenvalue weighted by Crippen LogP contribution is 2.33.